The summed E-state index contributed by atoms with van der Waals surface area (Å²) in [5.74, 6) is 1.35. The van der Waals surface area contributed by atoms with Gasteiger partial charge in [0.2, 0.25) is 5.16 Å². The van der Waals surface area contributed by atoms with E-state index in [9.17, 15) is 4.79 Å². The van der Waals surface area contributed by atoms with Gasteiger partial charge >= 0.3 is 0 Å². The summed E-state index contributed by atoms with van der Waals surface area (Å²) in [5.41, 5.74) is 2.98. The second-order valence-electron chi connectivity index (χ2n) is 4.66. The Labute approximate surface area is 123 Å². The van der Waals surface area contributed by atoms with E-state index in [1.54, 1.807) is 0 Å². The van der Waals surface area contributed by atoms with Gasteiger partial charge in [-0.05, 0) is 26.8 Å². The molecular formula is C14H20N4OS. The standard InChI is InChI=1S/C14H20N4OS/c1-5-13-15-14(17-16-13)20-8-12(19)11-7-9(3)18(6-2)10(11)4/h7H,5-6,8H2,1-4H3,(H,15,16,17). The molecule has 2 rings (SSSR count). The summed E-state index contributed by atoms with van der Waals surface area (Å²) in [6.07, 6.45) is 0.819. The number of nitrogens with one attached hydrogen (secondary N) is 1. The number of nitrogens with zero attached hydrogens (tertiary/aromatic N) is 3. The number of aromatic amines is 1. The van der Waals surface area contributed by atoms with Crippen molar-refractivity contribution in [1.29, 1.82) is 0 Å². The van der Waals surface area contributed by atoms with E-state index in [1.807, 2.05) is 26.8 Å². The normalized spacial score (nSPS) is 11.0. The van der Waals surface area contributed by atoms with Gasteiger partial charge in [-0.1, -0.05) is 18.7 Å². The number of carbonyl (C=O) groups is 1. The van der Waals surface area contributed by atoms with Crippen molar-refractivity contribution in [2.24, 2.45) is 0 Å². The summed E-state index contributed by atoms with van der Waals surface area (Å²) >= 11 is 1.38. The lowest BCUT2D eigenvalue weighted by molar-refractivity contribution is 0.102. The third-order valence-corrected chi connectivity index (χ3v) is 4.22. The van der Waals surface area contributed by atoms with Gasteiger partial charge < -0.3 is 4.57 Å². The Bertz CT molecular complexity index is 615. The van der Waals surface area contributed by atoms with E-state index in [0.29, 0.717) is 10.9 Å². The van der Waals surface area contributed by atoms with Gasteiger partial charge in [0.25, 0.3) is 0 Å². The predicted molar refractivity (Wildman–Crippen MR) is 80.4 cm³/mol. The lowest BCUT2D eigenvalue weighted by Gasteiger charge is -2.05. The highest BCUT2D eigenvalue weighted by molar-refractivity contribution is 7.99. The van der Waals surface area contributed by atoms with Crippen LogP contribution in [-0.4, -0.2) is 31.3 Å². The molecule has 0 bridgehead atoms. The van der Waals surface area contributed by atoms with Gasteiger partial charge in [0, 0.05) is 29.9 Å². The number of carbonyl (C=O) groups excluding carboxylic acids is 1. The molecule has 0 radical (unpaired) electrons. The van der Waals surface area contributed by atoms with Gasteiger partial charge in [0.1, 0.15) is 5.82 Å². The van der Waals surface area contributed by atoms with Gasteiger partial charge in [-0.25, -0.2) is 4.98 Å². The number of H-pyrrole nitrogens is 1. The minimum absolute atomic E-state index is 0.130. The van der Waals surface area contributed by atoms with E-state index in [4.69, 9.17) is 0 Å². The summed E-state index contributed by atoms with van der Waals surface area (Å²) in [6, 6.07) is 1.97. The van der Waals surface area contributed by atoms with E-state index in [0.717, 1.165) is 35.7 Å². The molecule has 2 aromatic heterocycles. The topological polar surface area (TPSA) is 63.6 Å². The molecule has 1 N–H and O–H groups in total. The van der Waals surface area contributed by atoms with Crippen LogP contribution >= 0.6 is 11.8 Å². The Morgan fingerprint density at radius 2 is 2.15 bits per heavy atom. The zero-order valence-electron chi connectivity index (χ0n) is 12.4. The molecule has 6 heteroatoms. The lowest BCUT2D eigenvalue weighted by atomic mass is 10.2. The van der Waals surface area contributed by atoms with Crippen LogP contribution in [0.5, 0.6) is 0 Å². The predicted octanol–water partition coefficient (Wildman–Crippen LogP) is 2.78. The Hall–Kier alpha value is -1.56. The zero-order valence-corrected chi connectivity index (χ0v) is 13.2. The van der Waals surface area contributed by atoms with Gasteiger partial charge in [-0.2, -0.15) is 0 Å². The average Bonchev–Trinajstić information content (AvgIpc) is 3.01. The maximum absolute atomic E-state index is 12.3. The number of ketones is 1. The third kappa shape index (κ3) is 2.95. The second kappa shape index (κ2) is 6.26. The SMILES string of the molecule is CCc1nc(SCC(=O)c2cc(C)n(CC)c2C)n[nH]1. The molecule has 0 fully saturated rings. The highest BCUT2D eigenvalue weighted by atomic mass is 32.2. The largest absolute Gasteiger partial charge is 0.349 e. The average molecular weight is 292 g/mol. The molecule has 2 heterocycles. The molecular weight excluding hydrogens is 272 g/mol. The molecule has 0 amide bonds. The van der Waals surface area contributed by atoms with Crippen LogP contribution in [0, 0.1) is 13.8 Å². The van der Waals surface area contributed by atoms with Crippen molar-refractivity contribution in [2.45, 2.75) is 45.8 Å². The zero-order chi connectivity index (χ0) is 14.7. The van der Waals surface area contributed by atoms with Crippen LogP contribution in [0.1, 0.15) is 41.4 Å². The third-order valence-electron chi connectivity index (χ3n) is 3.37. The van der Waals surface area contributed by atoms with Crippen LogP contribution in [0.4, 0.5) is 0 Å². The van der Waals surface area contributed by atoms with E-state index in [1.165, 1.54) is 11.8 Å². The molecule has 0 aromatic carbocycles. The molecule has 108 valence electrons. The maximum atomic E-state index is 12.3. The smallest absolute Gasteiger partial charge is 0.208 e. The van der Waals surface area contributed by atoms with E-state index < -0.39 is 0 Å². The van der Waals surface area contributed by atoms with Crippen molar-refractivity contribution in [3.63, 3.8) is 0 Å². The second-order valence-corrected chi connectivity index (χ2v) is 5.60. The van der Waals surface area contributed by atoms with Crippen molar-refractivity contribution in [3.8, 4) is 0 Å². The fraction of sp³-hybridized carbons (Fsp3) is 0.500. The van der Waals surface area contributed by atoms with Crippen LogP contribution in [0.3, 0.4) is 0 Å². The quantitative estimate of drug-likeness (QED) is 0.657. The van der Waals surface area contributed by atoms with Crippen molar-refractivity contribution >= 4 is 17.5 Å². The summed E-state index contributed by atoms with van der Waals surface area (Å²) in [5, 5.41) is 7.58. The number of aryl methyl sites for hydroxylation is 2. The molecule has 2 aromatic rings. The fourth-order valence-electron chi connectivity index (χ4n) is 2.28. The van der Waals surface area contributed by atoms with Gasteiger partial charge in [-0.15, -0.1) is 5.10 Å². The summed E-state index contributed by atoms with van der Waals surface area (Å²) in [4.78, 5) is 16.6. The van der Waals surface area contributed by atoms with Gasteiger partial charge in [0.05, 0.1) is 5.75 Å². The molecule has 0 aliphatic carbocycles. The summed E-state index contributed by atoms with van der Waals surface area (Å²) in [6.45, 7) is 9.01. The molecule has 0 aliphatic heterocycles. The highest BCUT2D eigenvalue weighted by Gasteiger charge is 2.16. The monoisotopic (exact) mass is 292 g/mol. The van der Waals surface area contributed by atoms with Crippen molar-refractivity contribution in [3.05, 3.63) is 28.8 Å². The van der Waals surface area contributed by atoms with Crippen LogP contribution in [0.2, 0.25) is 0 Å². The Balaban J connectivity index is 2.05. The lowest BCUT2D eigenvalue weighted by Crippen LogP contribution is -2.06. The van der Waals surface area contributed by atoms with E-state index >= 15 is 0 Å². The molecule has 0 saturated heterocycles. The van der Waals surface area contributed by atoms with Crippen molar-refractivity contribution < 1.29 is 4.79 Å². The molecule has 0 saturated carbocycles. The van der Waals surface area contributed by atoms with Crippen molar-refractivity contribution in [1.82, 2.24) is 19.7 Å². The first-order valence-corrected chi connectivity index (χ1v) is 7.79. The first kappa shape index (κ1) is 14.8. The molecule has 0 unspecified atom stereocenters. The maximum Gasteiger partial charge on any atom is 0.208 e. The molecule has 20 heavy (non-hydrogen) atoms. The Kier molecular flexibility index (Phi) is 4.65. The molecule has 0 aliphatic rings. The highest BCUT2D eigenvalue weighted by Crippen LogP contribution is 2.19. The Morgan fingerprint density at radius 3 is 2.70 bits per heavy atom. The van der Waals surface area contributed by atoms with E-state index in [2.05, 4.69) is 26.7 Å². The number of aromatic nitrogens is 4. The van der Waals surface area contributed by atoms with Crippen LogP contribution < -0.4 is 0 Å². The van der Waals surface area contributed by atoms with Crippen LogP contribution in [0.15, 0.2) is 11.2 Å². The van der Waals surface area contributed by atoms with E-state index in [-0.39, 0.29) is 5.78 Å². The first-order chi connectivity index (χ1) is 9.56. The number of rotatable bonds is 6. The minimum atomic E-state index is 0.130. The minimum Gasteiger partial charge on any atom is -0.349 e. The van der Waals surface area contributed by atoms with Gasteiger partial charge in [0.15, 0.2) is 5.78 Å². The number of Topliss-reactive ketones (excluding diaryl/α,β-unsaturated/α-hetero) is 1. The number of thioether (sulfide) groups is 1. The molecule has 5 nitrogen and oxygen atoms in total. The molecule has 0 atom stereocenters. The first-order valence-electron chi connectivity index (χ1n) is 6.80. The number of hydrogen-bond donors (Lipinski definition) is 1. The van der Waals surface area contributed by atoms with Crippen LogP contribution in [0.25, 0.3) is 0 Å². The van der Waals surface area contributed by atoms with Crippen LogP contribution in [-0.2, 0) is 13.0 Å². The number of hydrogen-bond acceptors (Lipinski definition) is 4. The fourth-order valence-corrected chi connectivity index (χ4v) is 2.98. The van der Waals surface area contributed by atoms with Crippen molar-refractivity contribution in [2.75, 3.05) is 5.75 Å². The summed E-state index contributed by atoms with van der Waals surface area (Å²) < 4.78 is 2.15. The van der Waals surface area contributed by atoms with Gasteiger partial charge in [-0.3, -0.25) is 9.89 Å². The molecule has 0 spiro atoms. The summed E-state index contributed by atoms with van der Waals surface area (Å²) in [7, 11) is 0. The Morgan fingerprint density at radius 1 is 1.40 bits per heavy atom.